The second-order valence-electron chi connectivity index (χ2n) is 25.0. The molecular weight excluding hydrogens is 921 g/mol. The number of aromatic hydroxyl groups is 1. The zero-order valence-corrected chi connectivity index (χ0v) is 45.1. The van der Waals surface area contributed by atoms with Crippen molar-refractivity contribution < 1.29 is 63.4 Å². The van der Waals surface area contributed by atoms with Crippen LogP contribution in [0.1, 0.15) is 183 Å². The molecule has 0 aromatic heterocycles. The Hall–Kier alpha value is -4.50. The molecule has 1 aromatic carbocycles. The first-order valence-corrected chi connectivity index (χ1v) is 26.8. The Morgan fingerprint density at radius 3 is 2.19 bits per heavy atom. The van der Waals surface area contributed by atoms with E-state index in [1.54, 1.807) is 0 Å². The molecule has 2 amide bonds. The summed E-state index contributed by atoms with van der Waals surface area (Å²) in [6.07, 6.45) is 9.41. The summed E-state index contributed by atoms with van der Waals surface area (Å²) in [4.78, 5) is 75.5. The highest BCUT2D eigenvalue weighted by atomic mass is 16.6. The van der Waals surface area contributed by atoms with Crippen molar-refractivity contribution in [2.45, 2.75) is 210 Å². The van der Waals surface area contributed by atoms with Gasteiger partial charge in [-0.25, -0.2) is 4.79 Å². The Morgan fingerprint density at radius 1 is 0.875 bits per heavy atom. The number of aliphatic carboxylic acids is 1. The van der Waals surface area contributed by atoms with E-state index >= 15 is 0 Å². The van der Waals surface area contributed by atoms with Crippen LogP contribution in [0.2, 0.25) is 0 Å². The van der Waals surface area contributed by atoms with Crippen molar-refractivity contribution in [2.24, 2.45) is 62.1 Å². The number of carbonyl (C=O) groups excluding carboxylic acids is 5. The van der Waals surface area contributed by atoms with Crippen molar-refractivity contribution in [1.29, 1.82) is 0 Å². The molecule has 402 valence electrons. The van der Waals surface area contributed by atoms with Gasteiger partial charge in [0.1, 0.15) is 17.6 Å². The molecule has 1 saturated heterocycles. The fraction of sp³-hybridized carbons (Fsp3) is 0.754. The van der Waals surface area contributed by atoms with Crippen molar-refractivity contribution in [1.82, 2.24) is 5.32 Å². The summed E-state index contributed by atoms with van der Waals surface area (Å²) in [5.74, 6) is -4.19. The number of phenols is 1. The van der Waals surface area contributed by atoms with Crippen LogP contribution in [-0.4, -0.2) is 93.2 Å². The van der Waals surface area contributed by atoms with Gasteiger partial charge in [0.05, 0.1) is 29.4 Å². The number of rotatable bonds is 12. The van der Waals surface area contributed by atoms with Crippen LogP contribution in [0, 0.1) is 62.1 Å². The zero-order chi connectivity index (χ0) is 53.5. The standard InChI is InChI=1S/C30H48O4.C27H38N2O9/c1-25(2)14-15-30(24(33)34)19(16-25)18-8-9-21-27(5)12-11-22(31)26(3,4)20(27)10-13-28(21,6)29(18,7)17-23(30)32;1-6-7-8-10-19-24(38-21(31)13-15(2)3)17(5)37-27(35)22(16(4)36-26(19)34)29-25(33)18-11-9-12-20(23(18)32)28-14-30/h8,19-23,31-32H,9-17H2,1-7H3,(H,33,34);9,11-12,14-17,19,22,24,32H,6-8,10,13H2,1-5H3,(H,28,30)(H,29,33). The molecule has 0 bridgehead atoms. The number of anilines is 1. The highest BCUT2D eigenvalue weighted by Gasteiger charge is 2.71. The molecule has 1 aromatic rings. The van der Waals surface area contributed by atoms with Crippen LogP contribution < -0.4 is 10.6 Å². The molecule has 0 spiro atoms. The molecule has 15 nitrogen and oxygen atoms in total. The van der Waals surface area contributed by atoms with E-state index in [0.717, 1.165) is 57.8 Å². The summed E-state index contributed by atoms with van der Waals surface area (Å²) >= 11 is 0. The number of benzene rings is 1. The quantitative estimate of drug-likeness (QED) is 0.0286. The molecule has 6 aliphatic rings. The van der Waals surface area contributed by atoms with Gasteiger partial charge in [-0.2, -0.15) is 0 Å². The molecular formula is C57H86N2O13. The number of allylic oxidation sites excluding steroid dienone is 2. The largest absolute Gasteiger partial charge is 0.505 e. The zero-order valence-electron chi connectivity index (χ0n) is 45.1. The number of para-hydroxylation sites is 1. The first kappa shape index (κ1) is 56.8. The van der Waals surface area contributed by atoms with E-state index in [-0.39, 0.29) is 62.7 Å². The van der Waals surface area contributed by atoms with Crippen molar-refractivity contribution >= 4 is 41.9 Å². The predicted molar refractivity (Wildman–Crippen MR) is 271 cm³/mol. The Labute approximate surface area is 427 Å². The van der Waals surface area contributed by atoms with Gasteiger partial charge < -0.3 is 45.3 Å². The minimum absolute atomic E-state index is 0.00114. The average molecular weight is 1010 g/mol. The number of nitrogens with one attached hydrogen (secondary N) is 2. The molecule has 7 rings (SSSR count). The van der Waals surface area contributed by atoms with Gasteiger partial charge in [-0.1, -0.05) is 106 Å². The van der Waals surface area contributed by atoms with E-state index in [2.05, 4.69) is 65.2 Å². The SMILES string of the molecule is CC1(C)CCC2(C(=O)O)C(O)CC3(C)C(=CCC4C5(C)CCC(O)C(C)(C)C5CCC43C)C2C1.CCCCCC1C(=O)OC(C)C(NC(=O)c2cccc(NC=O)c2O)C(=O)OC(C)C1OC(=O)CC(C)C. The Bertz CT molecular complexity index is 2240. The molecule has 14 atom stereocenters. The number of unbranched alkanes of at least 4 members (excludes halogenated alkanes) is 2. The lowest BCUT2D eigenvalue weighted by molar-refractivity contribution is -0.218. The van der Waals surface area contributed by atoms with E-state index in [9.17, 15) is 49.2 Å². The molecule has 4 saturated carbocycles. The second kappa shape index (κ2) is 21.4. The number of amides is 2. The maximum atomic E-state index is 13.3. The first-order valence-electron chi connectivity index (χ1n) is 26.8. The predicted octanol–water partition coefficient (Wildman–Crippen LogP) is 9.29. The number of hydrogen-bond acceptors (Lipinski definition) is 12. The Morgan fingerprint density at radius 2 is 1.56 bits per heavy atom. The summed E-state index contributed by atoms with van der Waals surface area (Å²) in [5.41, 5.74) is 0.0803. The number of esters is 3. The lowest BCUT2D eigenvalue weighted by Gasteiger charge is -2.71. The number of carboxylic acids is 1. The molecule has 5 aliphatic carbocycles. The number of carboxylic acid groups (broad SMARTS) is 1. The van der Waals surface area contributed by atoms with Crippen LogP contribution in [-0.2, 0) is 38.2 Å². The third-order valence-corrected chi connectivity index (χ3v) is 19.3. The maximum absolute atomic E-state index is 13.3. The smallest absolute Gasteiger partial charge is 0.332 e. The molecule has 72 heavy (non-hydrogen) atoms. The molecule has 0 radical (unpaired) electrons. The fourth-order valence-electron chi connectivity index (χ4n) is 14.9. The molecule has 1 aliphatic heterocycles. The lowest BCUT2D eigenvalue weighted by Crippen LogP contribution is -2.67. The average Bonchev–Trinajstić information content (AvgIpc) is 3.30. The van der Waals surface area contributed by atoms with Crippen LogP contribution in [0.4, 0.5) is 5.69 Å². The Kier molecular flexibility index (Phi) is 16.9. The van der Waals surface area contributed by atoms with E-state index < -0.39 is 77.3 Å². The van der Waals surface area contributed by atoms with Crippen molar-refractivity contribution in [3.8, 4) is 5.75 Å². The highest BCUT2D eigenvalue weighted by molar-refractivity contribution is 6.01. The number of phenolic OH excluding ortho intramolecular Hbond substituents is 1. The van der Waals surface area contributed by atoms with Crippen LogP contribution in [0.5, 0.6) is 5.75 Å². The van der Waals surface area contributed by atoms with Gasteiger partial charge in [0, 0.05) is 6.42 Å². The maximum Gasteiger partial charge on any atom is 0.332 e. The summed E-state index contributed by atoms with van der Waals surface area (Å²) in [6.45, 7) is 25.1. The minimum atomic E-state index is -1.42. The van der Waals surface area contributed by atoms with E-state index in [1.807, 2.05) is 20.8 Å². The van der Waals surface area contributed by atoms with Crippen molar-refractivity contribution in [3.05, 3.63) is 35.4 Å². The summed E-state index contributed by atoms with van der Waals surface area (Å²) in [5, 5.41) is 48.2. The van der Waals surface area contributed by atoms with E-state index in [1.165, 1.54) is 37.6 Å². The second-order valence-corrected chi connectivity index (χ2v) is 25.0. The normalized spacial score (nSPS) is 37.8. The van der Waals surface area contributed by atoms with Crippen LogP contribution in [0.15, 0.2) is 29.8 Å². The van der Waals surface area contributed by atoms with Crippen LogP contribution in [0.25, 0.3) is 0 Å². The van der Waals surface area contributed by atoms with Crippen molar-refractivity contribution in [2.75, 3.05) is 5.32 Å². The number of cyclic esters (lactones) is 2. The van der Waals surface area contributed by atoms with Gasteiger partial charge in [-0.05, 0) is 141 Å². The van der Waals surface area contributed by atoms with E-state index in [0.29, 0.717) is 43.9 Å². The number of aliphatic hydroxyl groups is 2. The number of ether oxygens (including phenoxy) is 3. The Balaban J connectivity index is 0.000000236. The van der Waals surface area contributed by atoms with Crippen LogP contribution >= 0.6 is 0 Å². The van der Waals surface area contributed by atoms with Gasteiger partial charge in [-0.15, -0.1) is 0 Å². The summed E-state index contributed by atoms with van der Waals surface area (Å²) in [7, 11) is 0. The summed E-state index contributed by atoms with van der Waals surface area (Å²) < 4.78 is 16.9. The fourth-order valence-corrected chi connectivity index (χ4v) is 14.9. The van der Waals surface area contributed by atoms with Gasteiger partial charge in [-0.3, -0.25) is 24.0 Å². The number of fused-ring (bicyclic) bond motifs is 7. The molecule has 15 heteroatoms. The van der Waals surface area contributed by atoms with Gasteiger partial charge in [0.2, 0.25) is 6.41 Å². The topological polar surface area (TPSA) is 235 Å². The van der Waals surface area contributed by atoms with Crippen LogP contribution in [0.3, 0.4) is 0 Å². The van der Waals surface area contributed by atoms with E-state index in [4.69, 9.17) is 14.2 Å². The minimum Gasteiger partial charge on any atom is -0.505 e. The van der Waals surface area contributed by atoms with Gasteiger partial charge in [0.15, 0.2) is 17.9 Å². The molecule has 1 heterocycles. The first-order chi connectivity index (χ1) is 33.6. The van der Waals surface area contributed by atoms with Gasteiger partial charge >= 0.3 is 23.9 Å². The third-order valence-electron chi connectivity index (χ3n) is 19.3. The van der Waals surface area contributed by atoms with Gasteiger partial charge in [0.25, 0.3) is 5.91 Å². The highest BCUT2D eigenvalue weighted by Crippen LogP contribution is 2.75. The molecule has 14 unspecified atom stereocenters. The summed E-state index contributed by atoms with van der Waals surface area (Å²) in [6, 6.07) is 2.71. The molecule has 6 N–H and O–H groups in total. The van der Waals surface area contributed by atoms with Crippen molar-refractivity contribution in [3.63, 3.8) is 0 Å². The monoisotopic (exact) mass is 1010 g/mol. The number of carbonyl (C=O) groups is 6. The number of hydrogen-bond donors (Lipinski definition) is 6. The lowest BCUT2D eigenvalue weighted by atomic mass is 9.33. The third kappa shape index (κ3) is 10.3. The number of aliphatic hydroxyl groups excluding tert-OH is 2. The molecule has 5 fully saturated rings.